The standard InChI is InChI=1S/C11H23ClO/c1-5-8-13-9-6-7-10(12)11(2,3)4/h10H,5-9H2,1-4H3. The van der Waals surface area contributed by atoms with Crippen molar-refractivity contribution in [3.8, 4) is 0 Å². The van der Waals surface area contributed by atoms with Crippen LogP contribution in [0.2, 0.25) is 0 Å². The van der Waals surface area contributed by atoms with Gasteiger partial charge >= 0.3 is 0 Å². The smallest absolute Gasteiger partial charge is 0.0466 e. The molecule has 0 spiro atoms. The normalized spacial score (nSPS) is 14.5. The van der Waals surface area contributed by atoms with Crippen LogP contribution in [0.3, 0.4) is 0 Å². The van der Waals surface area contributed by atoms with Crippen molar-refractivity contribution < 1.29 is 4.74 Å². The van der Waals surface area contributed by atoms with Gasteiger partial charge in [-0.25, -0.2) is 0 Å². The molecular weight excluding hydrogens is 184 g/mol. The molecule has 0 aliphatic carbocycles. The topological polar surface area (TPSA) is 9.23 Å². The third-order valence-electron chi connectivity index (χ3n) is 2.03. The summed E-state index contributed by atoms with van der Waals surface area (Å²) >= 11 is 6.21. The molecule has 0 amide bonds. The Hall–Kier alpha value is 0.250. The van der Waals surface area contributed by atoms with E-state index in [0.717, 1.165) is 32.5 Å². The van der Waals surface area contributed by atoms with Crippen molar-refractivity contribution in [3.05, 3.63) is 0 Å². The lowest BCUT2D eigenvalue weighted by atomic mass is 9.89. The van der Waals surface area contributed by atoms with Crippen LogP contribution in [-0.2, 0) is 4.74 Å². The summed E-state index contributed by atoms with van der Waals surface area (Å²) in [5.41, 5.74) is 0.215. The largest absolute Gasteiger partial charge is 0.381 e. The summed E-state index contributed by atoms with van der Waals surface area (Å²) in [6, 6.07) is 0. The molecule has 0 aromatic rings. The first kappa shape index (κ1) is 13.2. The molecule has 2 heteroatoms. The van der Waals surface area contributed by atoms with E-state index in [-0.39, 0.29) is 10.8 Å². The van der Waals surface area contributed by atoms with Crippen LogP contribution in [0, 0.1) is 5.41 Å². The van der Waals surface area contributed by atoms with Gasteiger partial charge in [-0.15, -0.1) is 11.6 Å². The Bertz CT molecular complexity index is 118. The highest BCUT2D eigenvalue weighted by atomic mass is 35.5. The number of hydrogen-bond acceptors (Lipinski definition) is 1. The molecule has 0 bridgehead atoms. The van der Waals surface area contributed by atoms with Gasteiger partial charge in [0, 0.05) is 18.6 Å². The van der Waals surface area contributed by atoms with Crippen molar-refractivity contribution in [2.75, 3.05) is 13.2 Å². The number of hydrogen-bond donors (Lipinski definition) is 0. The molecule has 80 valence electrons. The Balaban J connectivity index is 3.32. The summed E-state index contributed by atoms with van der Waals surface area (Å²) in [5, 5.41) is 0.262. The van der Waals surface area contributed by atoms with Gasteiger partial charge in [-0.3, -0.25) is 0 Å². The van der Waals surface area contributed by atoms with Crippen molar-refractivity contribution >= 4 is 11.6 Å². The number of ether oxygens (including phenoxy) is 1. The molecular formula is C11H23ClO. The Morgan fingerprint density at radius 1 is 1.23 bits per heavy atom. The second kappa shape index (κ2) is 6.67. The van der Waals surface area contributed by atoms with E-state index in [1.165, 1.54) is 0 Å². The minimum atomic E-state index is 0.215. The summed E-state index contributed by atoms with van der Waals surface area (Å²) in [6.07, 6.45) is 3.23. The van der Waals surface area contributed by atoms with E-state index in [1.807, 2.05) is 0 Å². The van der Waals surface area contributed by atoms with E-state index in [4.69, 9.17) is 16.3 Å². The zero-order valence-electron chi connectivity index (χ0n) is 9.40. The lowest BCUT2D eigenvalue weighted by Crippen LogP contribution is -2.21. The number of alkyl halides is 1. The van der Waals surface area contributed by atoms with Gasteiger partial charge in [0.2, 0.25) is 0 Å². The maximum Gasteiger partial charge on any atom is 0.0466 e. The first-order chi connectivity index (χ1) is 5.98. The predicted octanol–water partition coefficient (Wildman–Crippen LogP) is 3.85. The average Bonchev–Trinajstić information content (AvgIpc) is 2.02. The molecule has 13 heavy (non-hydrogen) atoms. The van der Waals surface area contributed by atoms with Crippen LogP contribution >= 0.6 is 11.6 Å². The first-order valence-corrected chi connectivity index (χ1v) is 5.64. The molecule has 0 aromatic heterocycles. The highest BCUT2D eigenvalue weighted by molar-refractivity contribution is 6.21. The fourth-order valence-corrected chi connectivity index (χ4v) is 1.20. The molecule has 0 heterocycles. The number of rotatable bonds is 6. The molecule has 0 aliphatic rings. The van der Waals surface area contributed by atoms with Crippen LogP contribution in [0.4, 0.5) is 0 Å². The van der Waals surface area contributed by atoms with Gasteiger partial charge in [0.15, 0.2) is 0 Å². The summed E-state index contributed by atoms with van der Waals surface area (Å²) in [7, 11) is 0. The predicted molar refractivity (Wildman–Crippen MR) is 59.4 cm³/mol. The summed E-state index contributed by atoms with van der Waals surface area (Å²) in [4.78, 5) is 0. The van der Waals surface area contributed by atoms with Crippen molar-refractivity contribution in [2.24, 2.45) is 5.41 Å². The van der Waals surface area contributed by atoms with Crippen LogP contribution < -0.4 is 0 Å². The summed E-state index contributed by atoms with van der Waals surface area (Å²) < 4.78 is 5.39. The minimum absolute atomic E-state index is 0.215. The minimum Gasteiger partial charge on any atom is -0.381 e. The molecule has 1 atom stereocenters. The SMILES string of the molecule is CCCOCCCC(Cl)C(C)(C)C. The third-order valence-corrected chi connectivity index (χ3v) is 2.91. The van der Waals surface area contributed by atoms with Crippen LogP contribution in [0.15, 0.2) is 0 Å². The Kier molecular flexibility index (Phi) is 6.79. The van der Waals surface area contributed by atoms with Crippen LogP contribution in [0.25, 0.3) is 0 Å². The molecule has 0 radical (unpaired) electrons. The molecule has 0 aliphatic heterocycles. The van der Waals surface area contributed by atoms with Crippen LogP contribution in [0.1, 0.15) is 47.0 Å². The van der Waals surface area contributed by atoms with E-state index >= 15 is 0 Å². The lowest BCUT2D eigenvalue weighted by molar-refractivity contribution is 0.128. The molecule has 0 aromatic carbocycles. The van der Waals surface area contributed by atoms with Gasteiger partial charge in [0.05, 0.1) is 0 Å². The maximum atomic E-state index is 6.21. The van der Waals surface area contributed by atoms with Gasteiger partial charge in [-0.05, 0) is 24.7 Å². The van der Waals surface area contributed by atoms with E-state index in [0.29, 0.717) is 0 Å². The zero-order valence-corrected chi connectivity index (χ0v) is 10.2. The van der Waals surface area contributed by atoms with Gasteiger partial charge in [0.25, 0.3) is 0 Å². The molecule has 1 nitrogen and oxygen atoms in total. The highest BCUT2D eigenvalue weighted by Crippen LogP contribution is 2.27. The average molecular weight is 207 g/mol. The second-order valence-electron chi connectivity index (χ2n) is 4.59. The number of halogens is 1. The van der Waals surface area contributed by atoms with Gasteiger partial charge in [0.1, 0.15) is 0 Å². The van der Waals surface area contributed by atoms with Crippen LogP contribution in [-0.4, -0.2) is 18.6 Å². The van der Waals surface area contributed by atoms with Crippen molar-refractivity contribution in [2.45, 2.75) is 52.3 Å². The lowest BCUT2D eigenvalue weighted by Gasteiger charge is -2.24. The third kappa shape index (κ3) is 7.33. The molecule has 0 rings (SSSR count). The monoisotopic (exact) mass is 206 g/mol. The van der Waals surface area contributed by atoms with Crippen molar-refractivity contribution in [1.29, 1.82) is 0 Å². The first-order valence-electron chi connectivity index (χ1n) is 5.20. The zero-order chi connectivity index (χ0) is 10.3. The van der Waals surface area contributed by atoms with Crippen molar-refractivity contribution in [1.82, 2.24) is 0 Å². The Morgan fingerprint density at radius 3 is 2.31 bits per heavy atom. The Morgan fingerprint density at radius 2 is 1.85 bits per heavy atom. The van der Waals surface area contributed by atoms with Gasteiger partial charge in [-0.2, -0.15) is 0 Å². The van der Waals surface area contributed by atoms with Crippen LogP contribution in [0.5, 0.6) is 0 Å². The summed E-state index contributed by atoms with van der Waals surface area (Å²) in [6.45, 7) is 10.4. The highest BCUT2D eigenvalue weighted by Gasteiger charge is 2.21. The van der Waals surface area contributed by atoms with E-state index in [2.05, 4.69) is 27.7 Å². The van der Waals surface area contributed by atoms with Gasteiger partial charge in [-0.1, -0.05) is 27.7 Å². The van der Waals surface area contributed by atoms with E-state index in [1.54, 1.807) is 0 Å². The second-order valence-corrected chi connectivity index (χ2v) is 5.11. The fourth-order valence-electron chi connectivity index (χ4n) is 1.04. The molecule has 1 unspecified atom stereocenters. The quantitative estimate of drug-likeness (QED) is 0.474. The van der Waals surface area contributed by atoms with E-state index < -0.39 is 0 Å². The van der Waals surface area contributed by atoms with Gasteiger partial charge < -0.3 is 4.74 Å². The maximum absolute atomic E-state index is 6.21. The molecule has 0 saturated carbocycles. The fraction of sp³-hybridized carbons (Fsp3) is 1.00. The van der Waals surface area contributed by atoms with E-state index in [9.17, 15) is 0 Å². The molecule has 0 N–H and O–H groups in total. The Labute approximate surface area is 87.8 Å². The molecule has 0 saturated heterocycles. The molecule has 0 fully saturated rings. The van der Waals surface area contributed by atoms with Crippen molar-refractivity contribution in [3.63, 3.8) is 0 Å². The summed E-state index contributed by atoms with van der Waals surface area (Å²) in [5.74, 6) is 0.